The highest BCUT2D eigenvalue weighted by Crippen LogP contribution is 2.38. The van der Waals surface area contributed by atoms with E-state index in [9.17, 15) is 19.2 Å². The van der Waals surface area contributed by atoms with Gasteiger partial charge >= 0.3 is 5.97 Å². The van der Waals surface area contributed by atoms with E-state index in [0.29, 0.717) is 28.8 Å². The highest BCUT2D eigenvalue weighted by atomic mass is 32.2. The maximum Gasteiger partial charge on any atom is 0.329 e. The van der Waals surface area contributed by atoms with E-state index in [1.807, 2.05) is 6.07 Å². The summed E-state index contributed by atoms with van der Waals surface area (Å²) in [5.41, 5.74) is 1.06. The van der Waals surface area contributed by atoms with Gasteiger partial charge in [0.1, 0.15) is 6.04 Å². The van der Waals surface area contributed by atoms with Crippen LogP contribution in [0.4, 0.5) is 10.5 Å². The third-order valence-corrected chi connectivity index (χ3v) is 5.64. The highest BCUT2D eigenvalue weighted by Gasteiger charge is 2.41. The lowest BCUT2D eigenvalue weighted by molar-refractivity contribution is -0.150. The van der Waals surface area contributed by atoms with Crippen LogP contribution in [0.5, 0.6) is 11.5 Å². The number of amides is 3. The van der Waals surface area contributed by atoms with Crippen molar-refractivity contribution in [2.75, 3.05) is 25.6 Å². The minimum absolute atomic E-state index is 0.105. The van der Waals surface area contributed by atoms with Crippen LogP contribution in [-0.4, -0.2) is 54.3 Å². The fraction of sp³-hybridized carbons (Fsp3) is 0.250. The van der Waals surface area contributed by atoms with Crippen molar-refractivity contribution in [2.24, 2.45) is 0 Å². The smallest absolute Gasteiger partial charge is 0.329 e. The number of thioether (sulfide) groups is 1. The van der Waals surface area contributed by atoms with Gasteiger partial charge in [-0.25, -0.2) is 4.79 Å². The third-order valence-electron chi connectivity index (χ3n) is 4.76. The molecule has 178 valence electrons. The molecule has 1 saturated heterocycles. The molecular formula is C24H24N2O7S. The predicted octanol–water partition coefficient (Wildman–Crippen LogP) is 3.70. The summed E-state index contributed by atoms with van der Waals surface area (Å²) in [6.45, 7) is 2.90. The Morgan fingerprint density at radius 3 is 2.53 bits per heavy atom. The zero-order chi connectivity index (χ0) is 24.7. The largest absolute Gasteiger partial charge is 0.493 e. The van der Waals surface area contributed by atoms with Gasteiger partial charge in [0.15, 0.2) is 18.1 Å². The number of rotatable bonds is 9. The Morgan fingerprint density at radius 1 is 1.12 bits per heavy atom. The average Bonchev–Trinajstić information content (AvgIpc) is 3.10. The fourth-order valence-corrected chi connectivity index (χ4v) is 4.04. The summed E-state index contributed by atoms with van der Waals surface area (Å²) in [6, 6.07) is 12.9. The van der Waals surface area contributed by atoms with E-state index in [1.165, 1.54) is 20.1 Å². The van der Waals surface area contributed by atoms with E-state index in [4.69, 9.17) is 14.2 Å². The van der Waals surface area contributed by atoms with Gasteiger partial charge in [0.2, 0.25) is 0 Å². The predicted molar refractivity (Wildman–Crippen MR) is 127 cm³/mol. The molecular weight excluding hydrogens is 460 g/mol. The lowest BCUT2D eigenvalue weighted by Gasteiger charge is -2.19. The van der Waals surface area contributed by atoms with Crippen molar-refractivity contribution in [3.05, 3.63) is 59.0 Å². The molecule has 1 aliphatic rings. The number of hydrogen-bond donors (Lipinski definition) is 1. The molecule has 0 radical (unpaired) electrons. The number of anilines is 1. The normalized spacial score (nSPS) is 15.3. The zero-order valence-corrected chi connectivity index (χ0v) is 19.7. The van der Waals surface area contributed by atoms with E-state index in [1.54, 1.807) is 49.4 Å². The lowest BCUT2D eigenvalue weighted by Crippen LogP contribution is -2.42. The van der Waals surface area contributed by atoms with Crippen LogP contribution < -0.4 is 14.8 Å². The fourth-order valence-electron chi connectivity index (χ4n) is 3.14. The Balaban J connectivity index is 1.80. The van der Waals surface area contributed by atoms with Crippen molar-refractivity contribution in [2.45, 2.75) is 19.9 Å². The van der Waals surface area contributed by atoms with Gasteiger partial charge in [-0.3, -0.25) is 19.3 Å². The van der Waals surface area contributed by atoms with E-state index in [0.717, 1.165) is 4.90 Å². The lowest BCUT2D eigenvalue weighted by atomic mass is 10.1. The molecule has 2 aromatic rings. The first-order valence-corrected chi connectivity index (χ1v) is 11.3. The Morgan fingerprint density at radius 2 is 1.85 bits per heavy atom. The number of carbonyl (C=O) groups is 4. The standard InChI is InChI=1S/C24H24N2O7S/c1-4-32-23(29)15(2)26-22(28)19(34-24(26)30)13-16-9-8-12-18(31-3)21(16)33-14-20(27)25-17-10-6-5-7-11-17/h5-13,15H,4,14H2,1-3H3,(H,25,27)/b19-13+/t15-/m1/s1. The number of carbonyl (C=O) groups excluding carboxylic acids is 4. The summed E-state index contributed by atoms with van der Waals surface area (Å²) in [4.78, 5) is 50.6. The summed E-state index contributed by atoms with van der Waals surface area (Å²) < 4.78 is 16.0. The van der Waals surface area contributed by atoms with Gasteiger partial charge in [0.05, 0.1) is 18.6 Å². The van der Waals surface area contributed by atoms with Crippen LogP contribution >= 0.6 is 11.8 Å². The van der Waals surface area contributed by atoms with Crippen molar-refractivity contribution >= 4 is 46.5 Å². The van der Waals surface area contributed by atoms with Gasteiger partial charge in [0, 0.05) is 11.3 Å². The molecule has 0 spiro atoms. The van der Waals surface area contributed by atoms with Crippen LogP contribution in [0, 0.1) is 0 Å². The Hall–Kier alpha value is -3.79. The molecule has 34 heavy (non-hydrogen) atoms. The van der Waals surface area contributed by atoms with Gasteiger partial charge < -0.3 is 19.5 Å². The first-order chi connectivity index (χ1) is 16.3. The molecule has 1 fully saturated rings. The van der Waals surface area contributed by atoms with Gasteiger partial charge in [-0.05, 0) is 49.9 Å². The molecule has 0 aromatic heterocycles. The number of nitrogens with zero attached hydrogens (tertiary/aromatic N) is 1. The van der Waals surface area contributed by atoms with Crippen molar-refractivity contribution in [3.63, 3.8) is 0 Å². The molecule has 1 aliphatic heterocycles. The first-order valence-electron chi connectivity index (χ1n) is 10.4. The molecule has 0 bridgehead atoms. The number of imide groups is 1. The molecule has 0 aliphatic carbocycles. The van der Waals surface area contributed by atoms with Crippen molar-refractivity contribution < 1.29 is 33.4 Å². The molecule has 3 rings (SSSR count). The Kier molecular flexibility index (Phi) is 8.31. The van der Waals surface area contributed by atoms with Crippen LogP contribution in [0.2, 0.25) is 0 Å². The van der Waals surface area contributed by atoms with E-state index >= 15 is 0 Å². The Labute approximate surface area is 201 Å². The summed E-state index contributed by atoms with van der Waals surface area (Å²) in [7, 11) is 1.45. The maximum atomic E-state index is 12.9. The third kappa shape index (κ3) is 5.76. The van der Waals surface area contributed by atoms with Crippen molar-refractivity contribution in [1.29, 1.82) is 0 Å². The Bertz CT molecular complexity index is 1120. The van der Waals surface area contributed by atoms with Gasteiger partial charge in [-0.2, -0.15) is 0 Å². The number of hydrogen-bond acceptors (Lipinski definition) is 8. The number of esters is 1. The van der Waals surface area contributed by atoms with Crippen molar-refractivity contribution in [3.8, 4) is 11.5 Å². The topological polar surface area (TPSA) is 111 Å². The summed E-state index contributed by atoms with van der Waals surface area (Å²) in [5.74, 6) is -1.09. The van der Waals surface area contributed by atoms with Gasteiger partial charge in [0.25, 0.3) is 17.1 Å². The second-order valence-electron chi connectivity index (χ2n) is 7.06. The minimum Gasteiger partial charge on any atom is -0.493 e. The monoisotopic (exact) mass is 484 g/mol. The first kappa shape index (κ1) is 24.8. The molecule has 1 atom stereocenters. The van der Waals surface area contributed by atoms with E-state index in [-0.39, 0.29) is 29.8 Å². The molecule has 2 aromatic carbocycles. The molecule has 3 amide bonds. The van der Waals surface area contributed by atoms with Crippen LogP contribution in [0.1, 0.15) is 19.4 Å². The van der Waals surface area contributed by atoms with E-state index < -0.39 is 23.2 Å². The number of para-hydroxylation sites is 2. The summed E-state index contributed by atoms with van der Waals surface area (Å²) in [5, 5.41) is 2.14. The molecule has 10 heteroatoms. The second kappa shape index (κ2) is 11.4. The number of methoxy groups -OCH3 is 1. The van der Waals surface area contributed by atoms with Crippen LogP contribution in [0.25, 0.3) is 6.08 Å². The van der Waals surface area contributed by atoms with Gasteiger partial charge in [-0.15, -0.1) is 0 Å². The van der Waals surface area contributed by atoms with Crippen LogP contribution in [0.3, 0.4) is 0 Å². The van der Waals surface area contributed by atoms with Crippen LogP contribution in [0.15, 0.2) is 53.4 Å². The molecule has 0 saturated carbocycles. The summed E-state index contributed by atoms with van der Waals surface area (Å²) >= 11 is 0.704. The highest BCUT2D eigenvalue weighted by molar-refractivity contribution is 8.18. The molecule has 1 heterocycles. The van der Waals surface area contributed by atoms with Crippen LogP contribution in [-0.2, 0) is 19.1 Å². The summed E-state index contributed by atoms with van der Waals surface area (Å²) in [6.07, 6.45) is 1.47. The molecule has 1 N–H and O–H groups in total. The quantitative estimate of drug-likeness (QED) is 0.424. The molecule has 9 nitrogen and oxygen atoms in total. The minimum atomic E-state index is -1.05. The van der Waals surface area contributed by atoms with Crippen molar-refractivity contribution in [1.82, 2.24) is 4.90 Å². The number of benzene rings is 2. The second-order valence-corrected chi connectivity index (χ2v) is 8.05. The average molecular weight is 485 g/mol. The number of nitrogens with one attached hydrogen (secondary N) is 1. The van der Waals surface area contributed by atoms with Gasteiger partial charge in [-0.1, -0.05) is 30.3 Å². The SMILES string of the molecule is CCOC(=O)[C@@H](C)N1C(=O)S/C(=C/c2cccc(OC)c2OCC(=O)Nc2ccccc2)C1=O. The number of ether oxygens (including phenoxy) is 3. The molecule has 0 unspecified atom stereocenters. The van der Waals surface area contributed by atoms with E-state index in [2.05, 4.69) is 5.32 Å². The zero-order valence-electron chi connectivity index (χ0n) is 18.9. The maximum absolute atomic E-state index is 12.9.